The zero-order valence-electron chi connectivity index (χ0n) is 11.0. The van der Waals surface area contributed by atoms with Crippen LogP contribution in [0.4, 0.5) is 0 Å². The Morgan fingerprint density at radius 2 is 2.11 bits per heavy atom. The maximum atomic E-state index is 11.6. The predicted molar refractivity (Wildman–Crippen MR) is 76.1 cm³/mol. The van der Waals surface area contributed by atoms with Crippen molar-refractivity contribution in [2.75, 3.05) is 25.4 Å². The van der Waals surface area contributed by atoms with Crippen LogP contribution in [0, 0.1) is 0 Å². The lowest BCUT2D eigenvalue weighted by Gasteiger charge is -2.40. The van der Waals surface area contributed by atoms with Gasteiger partial charge in [0.05, 0.1) is 18.0 Å². The maximum absolute atomic E-state index is 11.6. The normalized spacial score (nSPS) is 21.4. The lowest BCUT2D eigenvalue weighted by molar-refractivity contribution is -0.130. The first-order valence-corrected chi connectivity index (χ1v) is 7.54. The van der Waals surface area contributed by atoms with Crippen molar-refractivity contribution in [1.29, 1.82) is 0 Å². The molecule has 0 aromatic carbocycles. The molecule has 0 unspecified atom stereocenters. The number of amides is 1. The standard InChI is InChI=1S/C13H20N4OS/c18-13(10-19)15-5-2-11(3-6-15)16-7-8-17-12(9-16)1-4-14-17/h1,4,11,19H,2-3,5-10H2. The molecule has 1 amide bonds. The van der Waals surface area contributed by atoms with Gasteiger partial charge in [-0.25, -0.2) is 0 Å². The van der Waals surface area contributed by atoms with Crippen molar-refractivity contribution >= 4 is 18.5 Å². The number of nitrogens with zero attached hydrogens (tertiary/aromatic N) is 4. The fraction of sp³-hybridized carbons (Fsp3) is 0.692. The Hall–Kier alpha value is -1.01. The Morgan fingerprint density at radius 1 is 1.32 bits per heavy atom. The van der Waals surface area contributed by atoms with E-state index >= 15 is 0 Å². The van der Waals surface area contributed by atoms with Gasteiger partial charge in [0.25, 0.3) is 0 Å². The van der Waals surface area contributed by atoms with Crippen molar-refractivity contribution in [3.05, 3.63) is 18.0 Å². The van der Waals surface area contributed by atoms with Crippen molar-refractivity contribution in [2.45, 2.75) is 32.0 Å². The van der Waals surface area contributed by atoms with Gasteiger partial charge in [0.1, 0.15) is 0 Å². The van der Waals surface area contributed by atoms with E-state index in [1.54, 1.807) is 0 Å². The van der Waals surface area contributed by atoms with Crippen LogP contribution in [0.1, 0.15) is 18.5 Å². The molecule has 2 aliphatic heterocycles. The summed E-state index contributed by atoms with van der Waals surface area (Å²) in [5.74, 6) is 0.492. The maximum Gasteiger partial charge on any atom is 0.232 e. The van der Waals surface area contributed by atoms with E-state index in [-0.39, 0.29) is 5.91 Å². The molecular formula is C13H20N4OS. The van der Waals surface area contributed by atoms with Gasteiger partial charge in [-0.3, -0.25) is 14.4 Å². The number of hydrogen-bond acceptors (Lipinski definition) is 4. The van der Waals surface area contributed by atoms with Gasteiger partial charge in [-0.05, 0) is 18.9 Å². The van der Waals surface area contributed by atoms with E-state index in [4.69, 9.17) is 0 Å². The fourth-order valence-corrected chi connectivity index (χ4v) is 3.30. The molecule has 0 aliphatic carbocycles. The minimum absolute atomic E-state index is 0.165. The molecule has 0 N–H and O–H groups in total. The molecule has 0 saturated carbocycles. The lowest BCUT2D eigenvalue weighted by Crippen LogP contribution is -2.49. The molecule has 2 aliphatic rings. The summed E-state index contributed by atoms with van der Waals surface area (Å²) in [7, 11) is 0. The van der Waals surface area contributed by atoms with E-state index in [9.17, 15) is 4.79 Å². The molecule has 3 rings (SSSR count). The molecule has 0 spiro atoms. The largest absolute Gasteiger partial charge is 0.342 e. The van der Waals surface area contributed by atoms with Crippen LogP contribution < -0.4 is 0 Å². The first kappa shape index (κ1) is 13.0. The SMILES string of the molecule is O=C(CS)N1CCC(N2CCn3nccc3C2)CC1. The smallest absolute Gasteiger partial charge is 0.232 e. The Kier molecular flexibility index (Phi) is 3.79. The van der Waals surface area contributed by atoms with Gasteiger partial charge in [-0.2, -0.15) is 17.7 Å². The minimum Gasteiger partial charge on any atom is -0.342 e. The third-order valence-electron chi connectivity index (χ3n) is 4.24. The zero-order chi connectivity index (χ0) is 13.2. The second kappa shape index (κ2) is 5.54. The number of aromatic nitrogens is 2. The number of fused-ring (bicyclic) bond motifs is 1. The molecule has 0 bridgehead atoms. The molecule has 0 atom stereocenters. The number of hydrogen-bond donors (Lipinski definition) is 1. The van der Waals surface area contributed by atoms with Crippen LogP contribution in [0.2, 0.25) is 0 Å². The van der Waals surface area contributed by atoms with Gasteiger partial charge in [-0.1, -0.05) is 0 Å². The Morgan fingerprint density at radius 3 is 2.84 bits per heavy atom. The lowest BCUT2D eigenvalue weighted by atomic mass is 10.0. The van der Waals surface area contributed by atoms with E-state index in [0.717, 1.165) is 45.6 Å². The van der Waals surface area contributed by atoms with Crippen LogP contribution in [0.25, 0.3) is 0 Å². The average molecular weight is 280 g/mol. The number of rotatable bonds is 2. The first-order chi connectivity index (χ1) is 9.28. The van der Waals surface area contributed by atoms with E-state index in [2.05, 4.69) is 33.4 Å². The van der Waals surface area contributed by atoms with Crippen LogP contribution in [-0.2, 0) is 17.9 Å². The first-order valence-electron chi connectivity index (χ1n) is 6.91. The number of carbonyl (C=O) groups is 1. The van der Waals surface area contributed by atoms with Crippen molar-refractivity contribution in [1.82, 2.24) is 19.6 Å². The highest BCUT2D eigenvalue weighted by atomic mass is 32.1. The van der Waals surface area contributed by atoms with Crippen LogP contribution in [0.5, 0.6) is 0 Å². The monoisotopic (exact) mass is 280 g/mol. The van der Waals surface area contributed by atoms with Gasteiger partial charge >= 0.3 is 0 Å². The number of likely N-dealkylation sites (tertiary alicyclic amines) is 1. The van der Waals surface area contributed by atoms with Crippen LogP contribution in [0.15, 0.2) is 12.3 Å². The van der Waals surface area contributed by atoms with Crippen LogP contribution in [0.3, 0.4) is 0 Å². The van der Waals surface area contributed by atoms with E-state index in [1.807, 2.05) is 11.1 Å². The molecule has 5 nitrogen and oxygen atoms in total. The summed E-state index contributed by atoms with van der Waals surface area (Å²) in [5.41, 5.74) is 1.31. The molecule has 3 heterocycles. The Bertz CT molecular complexity index is 453. The van der Waals surface area contributed by atoms with E-state index in [0.29, 0.717) is 11.8 Å². The molecule has 1 aromatic rings. The third kappa shape index (κ3) is 2.65. The second-order valence-corrected chi connectivity index (χ2v) is 5.60. The minimum atomic E-state index is 0.165. The molecule has 104 valence electrons. The summed E-state index contributed by atoms with van der Waals surface area (Å²) in [6.45, 7) is 4.79. The topological polar surface area (TPSA) is 41.4 Å². The summed E-state index contributed by atoms with van der Waals surface area (Å²) in [4.78, 5) is 16.1. The zero-order valence-corrected chi connectivity index (χ0v) is 11.9. The number of carbonyl (C=O) groups excluding carboxylic acids is 1. The Balaban J connectivity index is 1.57. The number of thiol groups is 1. The average Bonchev–Trinajstić information content (AvgIpc) is 2.94. The summed E-state index contributed by atoms with van der Waals surface area (Å²) >= 11 is 4.06. The fourth-order valence-electron chi connectivity index (χ4n) is 3.10. The van der Waals surface area contributed by atoms with Gasteiger partial charge in [-0.15, -0.1) is 0 Å². The van der Waals surface area contributed by atoms with Crippen molar-refractivity contribution in [3.63, 3.8) is 0 Å². The molecule has 19 heavy (non-hydrogen) atoms. The molecule has 0 radical (unpaired) electrons. The molecule has 1 aromatic heterocycles. The Labute approximate surface area is 119 Å². The van der Waals surface area contributed by atoms with Crippen molar-refractivity contribution in [2.24, 2.45) is 0 Å². The van der Waals surface area contributed by atoms with Gasteiger partial charge in [0.2, 0.25) is 5.91 Å². The second-order valence-electron chi connectivity index (χ2n) is 5.29. The third-order valence-corrected chi connectivity index (χ3v) is 4.51. The van der Waals surface area contributed by atoms with E-state index < -0.39 is 0 Å². The molecule has 1 saturated heterocycles. The summed E-state index contributed by atoms with van der Waals surface area (Å²) < 4.78 is 2.09. The quantitative estimate of drug-likeness (QED) is 0.808. The van der Waals surface area contributed by atoms with Crippen molar-refractivity contribution < 1.29 is 4.79 Å². The predicted octanol–water partition coefficient (Wildman–Crippen LogP) is 0.619. The highest BCUT2D eigenvalue weighted by Gasteiger charge is 2.28. The van der Waals surface area contributed by atoms with Crippen LogP contribution in [-0.4, -0.2) is 56.9 Å². The van der Waals surface area contributed by atoms with Crippen LogP contribution >= 0.6 is 12.6 Å². The summed E-state index contributed by atoms with van der Waals surface area (Å²) in [6, 6.07) is 2.71. The van der Waals surface area contributed by atoms with Crippen molar-refractivity contribution in [3.8, 4) is 0 Å². The highest BCUT2D eigenvalue weighted by Crippen LogP contribution is 2.21. The molecule has 6 heteroatoms. The highest BCUT2D eigenvalue weighted by molar-refractivity contribution is 7.81. The van der Waals surface area contributed by atoms with E-state index in [1.165, 1.54) is 5.69 Å². The summed E-state index contributed by atoms with van der Waals surface area (Å²) in [5, 5.41) is 4.31. The summed E-state index contributed by atoms with van der Waals surface area (Å²) in [6.07, 6.45) is 4.04. The molecular weight excluding hydrogens is 260 g/mol. The van der Waals surface area contributed by atoms with Gasteiger partial charge in [0.15, 0.2) is 0 Å². The van der Waals surface area contributed by atoms with Gasteiger partial charge in [0, 0.05) is 38.4 Å². The van der Waals surface area contributed by atoms with Gasteiger partial charge < -0.3 is 4.90 Å². The molecule has 1 fully saturated rings. The number of piperidine rings is 1.